The highest BCUT2D eigenvalue weighted by molar-refractivity contribution is 5.78. The predicted octanol–water partition coefficient (Wildman–Crippen LogP) is 3.08. The highest BCUT2D eigenvalue weighted by Crippen LogP contribution is 2.40. The van der Waals surface area contributed by atoms with Crippen LogP contribution in [-0.4, -0.2) is 50.6 Å². The smallest absolute Gasteiger partial charge is 0.234 e. The summed E-state index contributed by atoms with van der Waals surface area (Å²) in [5, 5.41) is 6.41. The van der Waals surface area contributed by atoms with E-state index in [9.17, 15) is 9.18 Å². The third kappa shape index (κ3) is 5.52. The molecule has 1 aromatic carbocycles. The minimum atomic E-state index is -0.200. The second-order valence-electron chi connectivity index (χ2n) is 8.38. The lowest BCUT2D eigenvalue weighted by Crippen LogP contribution is -2.45. The number of carbonyl (C=O) groups is 1. The van der Waals surface area contributed by atoms with Gasteiger partial charge in [0.2, 0.25) is 5.91 Å². The molecule has 2 aliphatic rings. The van der Waals surface area contributed by atoms with Gasteiger partial charge in [-0.15, -0.1) is 0 Å². The van der Waals surface area contributed by atoms with E-state index < -0.39 is 0 Å². The fourth-order valence-electron chi connectivity index (χ4n) is 4.73. The molecule has 1 aliphatic heterocycles. The van der Waals surface area contributed by atoms with Gasteiger partial charge in [0.25, 0.3) is 0 Å². The van der Waals surface area contributed by atoms with Crippen molar-refractivity contribution >= 4 is 5.91 Å². The highest BCUT2D eigenvalue weighted by Gasteiger charge is 2.36. The van der Waals surface area contributed by atoms with Crippen LogP contribution in [0.1, 0.15) is 50.5 Å². The van der Waals surface area contributed by atoms with Gasteiger partial charge in [-0.05, 0) is 82.4 Å². The van der Waals surface area contributed by atoms with Crippen molar-refractivity contribution in [2.24, 2.45) is 5.92 Å². The summed E-state index contributed by atoms with van der Waals surface area (Å²) in [4.78, 5) is 14.8. The first-order chi connectivity index (χ1) is 13.1. The summed E-state index contributed by atoms with van der Waals surface area (Å²) in [5.74, 6) is 0.711. The molecule has 0 aromatic heterocycles. The van der Waals surface area contributed by atoms with Crippen LogP contribution in [0.3, 0.4) is 0 Å². The van der Waals surface area contributed by atoms with Crippen molar-refractivity contribution in [2.45, 2.75) is 50.4 Å². The van der Waals surface area contributed by atoms with Crippen molar-refractivity contribution in [3.05, 3.63) is 35.6 Å². The van der Waals surface area contributed by atoms with Crippen molar-refractivity contribution in [3.63, 3.8) is 0 Å². The van der Waals surface area contributed by atoms with Gasteiger partial charge in [0, 0.05) is 12.0 Å². The minimum Gasteiger partial charge on any atom is -0.354 e. The van der Waals surface area contributed by atoms with Crippen LogP contribution < -0.4 is 10.6 Å². The first-order valence-corrected chi connectivity index (χ1v) is 10.5. The van der Waals surface area contributed by atoms with Gasteiger partial charge < -0.3 is 10.6 Å². The number of likely N-dealkylation sites (tertiary alicyclic amines) is 1. The predicted molar refractivity (Wildman–Crippen MR) is 107 cm³/mol. The Labute approximate surface area is 162 Å². The number of halogens is 1. The molecule has 0 atom stereocenters. The lowest BCUT2D eigenvalue weighted by molar-refractivity contribution is -0.122. The fraction of sp³-hybridized carbons (Fsp3) is 0.682. The molecule has 2 N–H and O–H groups in total. The number of carbonyl (C=O) groups excluding carboxylic acids is 1. The third-order valence-corrected chi connectivity index (χ3v) is 6.52. The zero-order valence-electron chi connectivity index (χ0n) is 16.6. The largest absolute Gasteiger partial charge is 0.354 e. The summed E-state index contributed by atoms with van der Waals surface area (Å²) in [6.45, 7) is 4.28. The van der Waals surface area contributed by atoms with E-state index >= 15 is 0 Å². The Bertz CT molecular complexity index is 590. The monoisotopic (exact) mass is 375 g/mol. The first kappa shape index (κ1) is 20.3. The normalized spacial score (nSPS) is 20.7. The van der Waals surface area contributed by atoms with Gasteiger partial charge in [-0.25, -0.2) is 4.39 Å². The number of hydrogen-bond donors (Lipinski definition) is 2. The summed E-state index contributed by atoms with van der Waals surface area (Å²) >= 11 is 0. The Balaban J connectivity index is 1.47. The molecule has 1 amide bonds. The number of nitrogens with zero attached hydrogens (tertiary/aromatic N) is 1. The summed E-state index contributed by atoms with van der Waals surface area (Å²) in [6, 6.07) is 6.86. The Hall–Kier alpha value is -1.46. The number of amides is 1. The van der Waals surface area contributed by atoms with E-state index in [-0.39, 0.29) is 17.1 Å². The lowest BCUT2D eigenvalue weighted by Gasteiger charge is -2.33. The standard InChI is InChI=1S/C22H34FN3O/c1-24-13-8-18-9-14-26(15-10-18)16-21(27)25-17-22(11-2-3-12-22)19-4-6-20(23)7-5-19/h4-7,18,24H,2-3,8-17H2,1H3,(H,25,27). The quantitative estimate of drug-likeness (QED) is 0.734. The molecule has 4 nitrogen and oxygen atoms in total. The number of hydrogen-bond acceptors (Lipinski definition) is 3. The topological polar surface area (TPSA) is 44.4 Å². The van der Waals surface area contributed by atoms with Gasteiger partial charge >= 0.3 is 0 Å². The van der Waals surface area contributed by atoms with E-state index in [2.05, 4.69) is 15.5 Å². The third-order valence-electron chi connectivity index (χ3n) is 6.52. The molecular formula is C22H34FN3O. The van der Waals surface area contributed by atoms with Crippen LogP contribution in [0.25, 0.3) is 0 Å². The van der Waals surface area contributed by atoms with Gasteiger partial charge in [0.05, 0.1) is 6.54 Å². The molecule has 0 spiro atoms. The van der Waals surface area contributed by atoms with Crippen LogP contribution in [0.4, 0.5) is 4.39 Å². The van der Waals surface area contributed by atoms with Crippen molar-refractivity contribution in [3.8, 4) is 0 Å². The van der Waals surface area contributed by atoms with Crippen LogP contribution in [0.5, 0.6) is 0 Å². The maximum Gasteiger partial charge on any atom is 0.234 e. The molecule has 1 saturated heterocycles. The van der Waals surface area contributed by atoms with E-state index in [1.807, 2.05) is 19.2 Å². The number of nitrogens with one attached hydrogen (secondary N) is 2. The molecule has 0 radical (unpaired) electrons. The second-order valence-corrected chi connectivity index (χ2v) is 8.38. The Morgan fingerprint density at radius 1 is 1.19 bits per heavy atom. The summed E-state index contributed by atoms with van der Waals surface area (Å²) in [7, 11) is 2.00. The minimum absolute atomic E-state index is 0.0243. The molecule has 0 unspecified atom stereocenters. The molecule has 0 bridgehead atoms. The van der Waals surface area contributed by atoms with E-state index in [0.29, 0.717) is 13.1 Å². The van der Waals surface area contributed by atoms with Gasteiger partial charge in [0.15, 0.2) is 0 Å². The molecular weight excluding hydrogens is 341 g/mol. The Morgan fingerprint density at radius 3 is 2.48 bits per heavy atom. The van der Waals surface area contributed by atoms with Crippen molar-refractivity contribution < 1.29 is 9.18 Å². The van der Waals surface area contributed by atoms with Crippen LogP contribution in [0, 0.1) is 11.7 Å². The molecule has 1 aromatic rings. The van der Waals surface area contributed by atoms with Crippen LogP contribution in [0.15, 0.2) is 24.3 Å². The van der Waals surface area contributed by atoms with Crippen LogP contribution >= 0.6 is 0 Å². The second kappa shape index (κ2) is 9.65. The van der Waals surface area contributed by atoms with Gasteiger partial charge in [-0.1, -0.05) is 25.0 Å². The van der Waals surface area contributed by atoms with Gasteiger partial charge in [0.1, 0.15) is 5.82 Å². The molecule has 27 heavy (non-hydrogen) atoms. The van der Waals surface area contributed by atoms with E-state index in [1.165, 1.54) is 44.2 Å². The molecule has 1 aliphatic carbocycles. The Kier molecular flexibility index (Phi) is 7.25. The highest BCUT2D eigenvalue weighted by atomic mass is 19.1. The Morgan fingerprint density at radius 2 is 1.85 bits per heavy atom. The van der Waals surface area contributed by atoms with E-state index in [1.54, 1.807) is 0 Å². The molecule has 3 rings (SSSR count). The van der Waals surface area contributed by atoms with Crippen molar-refractivity contribution in [1.82, 2.24) is 15.5 Å². The SMILES string of the molecule is CNCCC1CCN(CC(=O)NCC2(c3ccc(F)cc3)CCCC2)CC1. The molecule has 150 valence electrons. The maximum absolute atomic E-state index is 13.3. The number of benzene rings is 1. The van der Waals surface area contributed by atoms with Crippen molar-refractivity contribution in [2.75, 3.05) is 39.8 Å². The molecule has 1 saturated carbocycles. The summed E-state index contributed by atoms with van der Waals surface area (Å²) < 4.78 is 13.3. The van der Waals surface area contributed by atoms with Gasteiger partial charge in [-0.2, -0.15) is 0 Å². The van der Waals surface area contributed by atoms with E-state index in [0.717, 1.165) is 44.0 Å². The number of rotatable bonds is 8. The van der Waals surface area contributed by atoms with E-state index in [4.69, 9.17) is 0 Å². The average molecular weight is 376 g/mol. The number of piperidine rings is 1. The van der Waals surface area contributed by atoms with Crippen LogP contribution in [-0.2, 0) is 10.2 Å². The van der Waals surface area contributed by atoms with Crippen LogP contribution in [0.2, 0.25) is 0 Å². The summed E-state index contributed by atoms with van der Waals surface area (Å²) in [5.41, 5.74) is 1.14. The maximum atomic E-state index is 13.3. The first-order valence-electron chi connectivity index (χ1n) is 10.5. The summed E-state index contributed by atoms with van der Waals surface area (Å²) in [6.07, 6.45) is 8.09. The van der Waals surface area contributed by atoms with Gasteiger partial charge in [-0.3, -0.25) is 9.69 Å². The molecule has 1 heterocycles. The lowest BCUT2D eigenvalue weighted by atomic mass is 9.79. The zero-order chi connectivity index (χ0) is 19.1. The molecule has 5 heteroatoms. The molecule has 2 fully saturated rings. The average Bonchev–Trinajstić information content (AvgIpc) is 3.16. The zero-order valence-corrected chi connectivity index (χ0v) is 16.6. The van der Waals surface area contributed by atoms with Crippen molar-refractivity contribution in [1.29, 1.82) is 0 Å². The fourth-order valence-corrected chi connectivity index (χ4v) is 4.73.